The molecule has 0 aliphatic carbocycles. The molecule has 19 heavy (non-hydrogen) atoms. The van der Waals surface area contributed by atoms with Crippen molar-refractivity contribution >= 4 is 5.78 Å². The number of carbonyl (C=O) groups excluding carboxylic acids is 1. The lowest BCUT2D eigenvalue weighted by Gasteiger charge is -2.23. The zero-order valence-corrected chi connectivity index (χ0v) is 11.0. The molecule has 2 nitrogen and oxygen atoms in total. The Morgan fingerprint density at radius 1 is 1.00 bits per heavy atom. The summed E-state index contributed by atoms with van der Waals surface area (Å²) in [6, 6.07) is 3.35. The molecule has 0 bridgehead atoms. The summed E-state index contributed by atoms with van der Waals surface area (Å²) in [6.45, 7) is 2.12. The van der Waals surface area contributed by atoms with Crippen molar-refractivity contribution in [3.8, 4) is 0 Å². The van der Waals surface area contributed by atoms with Crippen molar-refractivity contribution in [1.29, 1.82) is 0 Å². The van der Waals surface area contributed by atoms with Gasteiger partial charge in [0.25, 0.3) is 0 Å². The molecule has 4 heteroatoms. The summed E-state index contributed by atoms with van der Waals surface area (Å²) in [5, 5.41) is 0. The fourth-order valence-corrected chi connectivity index (χ4v) is 2.44. The molecule has 0 spiro atoms. The van der Waals surface area contributed by atoms with Crippen LogP contribution in [0.5, 0.6) is 0 Å². The number of hydrogen-bond acceptors (Lipinski definition) is 2. The minimum atomic E-state index is -0.960. The van der Waals surface area contributed by atoms with E-state index in [4.69, 9.17) is 0 Å². The van der Waals surface area contributed by atoms with E-state index in [-0.39, 0.29) is 11.3 Å². The van der Waals surface area contributed by atoms with Gasteiger partial charge in [-0.2, -0.15) is 0 Å². The van der Waals surface area contributed by atoms with E-state index in [1.54, 1.807) is 0 Å². The predicted molar refractivity (Wildman–Crippen MR) is 70.2 cm³/mol. The molecule has 104 valence electrons. The molecule has 1 heterocycles. The van der Waals surface area contributed by atoms with Crippen LogP contribution in [-0.2, 0) is 0 Å². The number of rotatable bonds is 3. The highest BCUT2D eigenvalue weighted by molar-refractivity contribution is 5.97. The first kappa shape index (κ1) is 14.1. The van der Waals surface area contributed by atoms with Gasteiger partial charge in [0.05, 0.1) is 6.54 Å². The molecular weight excluding hydrogens is 248 g/mol. The average Bonchev–Trinajstić information content (AvgIpc) is 2.35. The van der Waals surface area contributed by atoms with Gasteiger partial charge in [0.2, 0.25) is 0 Å². The Balaban J connectivity index is 1.96. The van der Waals surface area contributed by atoms with Crippen LogP contribution in [0.4, 0.5) is 8.78 Å². The number of likely N-dealkylation sites (tertiary alicyclic amines) is 1. The third kappa shape index (κ3) is 4.10. The maximum Gasteiger partial charge on any atom is 0.176 e. The van der Waals surface area contributed by atoms with E-state index in [1.165, 1.54) is 25.3 Å². The predicted octanol–water partition coefficient (Wildman–Crippen LogP) is 3.41. The van der Waals surface area contributed by atoms with Crippen molar-refractivity contribution in [2.45, 2.75) is 32.1 Å². The van der Waals surface area contributed by atoms with Crippen molar-refractivity contribution in [1.82, 2.24) is 4.90 Å². The second kappa shape index (κ2) is 6.75. The van der Waals surface area contributed by atoms with E-state index in [0.717, 1.165) is 38.1 Å². The molecule has 1 aliphatic heterocycles. The summed E-state index contributed by atoms with van der Waals surface area (Å²) in [4.78, 5) is 14.2. The minimum Gasteiger partial charge on any atom is -0.296 e. The van der Waals surface area contributed by atoms with Gasteiger partial charge in [-0.15, -0.1) is 0 Å². The van der Waals surface area contributed by atoms with Gasteiger partial charge in [0, 0.05) is 5.56 Å². The smallest absolute Gasteiger partial charge is 0.176 e. The average molecular weight is 267 g/mol. The summed E-state index contributed by atoms with van der Waals surface area (Å²) in [5.74, 6) is -2.01. The van der Waals surface area contributed by atoms with Gasteiger partial charge < -0.3 is 0 Å². The van der Waals surface area contributed by atoms with E-state index in [1.807, 2.05) is 0 Å². The molecule has 0 amide bonds. The highest BCUT2D eigenvalue weighted by atomic mass is 19.2. The second-order valence-corrected chi connectivity index (χ2v) is 5.10. The molecule has 1 fully saturated rings. The minimum absolute atomic E-state index is 0.139. The Labute approximate surface area is 112 Å². The molecule has 0 unspecified atom stereocenters. The summed E-state index contributed by atoms with van der Waals surface area (Å²) < 4.78 is 25.9. The number of Topliss-reactive ketones (excluding diaryl/α,β-unsaturated/α-hetero) is 1. The monoisotopic (exact) mass is 267 g/mol. The van der Waals surface area contributed by atoms with E-state index in [9.17, 15) is 13.6 Å². The first-order chi connectivity index (χ1) is 9.16. The van der Waals surface area contributed by atoms with Crippen LogP contribution < -0.4 is 0 Å². The largest absolute Gasteiger partial charge is 0.296 e. The number of nitrogens with zero attached hydrogens (tertiary/aromatic N) is 1. The Morgan fingerprint density at radius 3 is 2.26 bits per heavy atom. The number of benzene rings is 1. The molecule has 2 rings (SSSR count). The second-order valence-electron chi connectivity index (χ2n) is 5.10. The number of halogens is 2. The van der Waals surface area contributed by atoms with Crippen molar-refractivity contribution in [2.24, 2.45) is 0 Å². The molecule has 0 aromatic heterocycles. The summed E-state index contributed by atoms with van der Waals surface area (Å²) in [5.41, 5.74) is 0.251. The SMILES string of the molecule is O=C(CN1CCCCCCC1)c1ccc(F)c(F)c1. The van der Waals surface area contributed by atoms with Gasteiger partial charge in [-0.1, -0.05) is 19.3 Å². The zero-order chi connectivity index (χ0) is 13.7. The van der Waals surface area contributed by atoms with Crippen LogP contribution >= 0.6 is 0 Å². The maximum absolute atomic E-state index is 13.1. The lowest BCUT2D eigenvalue weighted by Crippen LogP contribution is -2.32. The molecule has 1 aromatic rings. The number of ketones is 1. The van der Waals surface area contributed by atoms with Gasteiger partial charge in [0.15, 0.2) is 17.4 Å². The van der Waals surface area contributed by atoms with Crippen LogP contribution in [0.15, 0.2) is 18.2 Å². The summed E-state index contributed by atoms with van der Waals surface area (Å²) >= 11 is 0. The van der Waals surface area contributed by atoms with Crippen LogP contribution in [0.3, 0.4) is 0 Å². The van der Waals surface area contributed by atoms with Crippen LogP contribution in [0, 0.1) is 11.6 Å². The molecule has 0 radical (unpaired) electrons. The molecule has 0 saturated carbocycles. The standard InChI is InChI=1S/C15H19F2NO/c16-13-7-6-12(10-14(13)17)15(19)11-18-8-4-2-1-3-5-9-18/h6-7,10H,1-5,8-9,11H2. The Morgan fingerprint density at radius 2 is 1.63 bits per heavy atom. The Bertz CT molecular complexity index is 440. The van der Waals surface area contributed by atoms with E-state index in [2.05, 4.69) is 4.90 Å². The van der Waals surface area contributed by atoms with Gasteiger partial charge >= 0.3 is 0 Å². The summed E-state index contributed by atoms with van der Waals surface area (Å²) in [7, 11) is 0. The zero-order valence-electron chi connectivity index (χ0n) is 11.0. The Kier molecular flexibility index (Phi) is 5.02. The maximum atomic E-state index is 13.1. The highest BCUT2D eigenvalue weighted by Gasteiger charge is 2.15. The van der Waals surface area contributed by atoms with Gasteiger partial charge in [-0.05, 0) is 44.1 Å². The van der Waals surface area contributed by atoms with Crippen LogP contribution in [0.2, 0.25) is 0 Å². The third-order valence-electron chi connectivity index (χ3n) is 3.56. The Hall–Kier alpha value is -1.29. The van der Waals surface area contributed by atoms with Gasteiger partial charge in [0.1, 0.15) is 0 Å². The van der Waals surface area contributed by atoms with Crippen molar-refractivity contribution in [3.63, 3.8) is 0 Å². The van der Waals surface area contributed by atoms with Crippen LogP contribution in [0.25, 0.3) is 0 Å². The fourth-order valence-electron chi connectivity index (χ4n) is 2.44. The van der Waals surface area contributed by atoms with E-state index >= 15 is 0 Å². The fraction of sp³-hybridized carbons (Fsp3) is 0.533. The quantitative estimate of drug-likeness (QED) is 0.782. The van der Waals surface area contributed by atoms with Crippen molar-refractivity contribution in [3.05, 3.63) is 35.4 Å². The molecule has 1 aliphatic rings. The summed E-state index contributed by atoms with van der Waals surface area (Å²) in [6.07, 6.45) is 5.88. The van der Waals surface area contributed by atoms with E-state index < -0.39 is 11.6 Å². The van der Waals surface area contributed by atoms with Crippen LogP contribution in [0.1, 0.15) is 42.5 Å². The topological polar surface area (TPSA) is 20.3 Å². The molecule has 1 aromatic carbocycles. The lowest BCUT2D eigenvalue weighted by atomic mass is 10.1. The van der Waals surface area contributed by atoms with Crippen molar-refractivity contribution < 1.29 is 13.6 Å². The molecule has 1 saturated heterocycles. The molecular formula is C15H19F2NO. The molecule has 0 atom stereocenters. The van der Waals surface area contributed by atoms with Crippen molar-refractivity contribution in [2.75, 3.05) is 19.6 Å². The first-order valence-corrected chi connectivity index (χ1v) is 6.87. The molecule has 0 N–H and O–H groups in total. The lowest BCUT2D eigenvalue weighted by molar-refractivity contribution is 0.0924. The number of carbonyl (C=O) groups is 1. The van der Waals surface area contributed by atoms with Gasteiger partial charge in [-0.25, -0.2) is 8.78 Å². The van der Waals surface area contributed by atoms with E-state index in [0.29, 0.717) is 6.54 Å². The normalized spacial score (nSPS) is 17.8. The highest BCUT2D eigenvalue weighted by Crippen LogP contribution is 2.13. The first-order valence-electron chi connectivity index (χ1n) is 6.87. The van der Waals surface area contributed by atoms with Crippen LogP contribution in [-0.4, -0.2) is 30.3 Å². The third-order valence-corrected chi connectivity index (χ3v) is 3.56. The number of hydrogen-bond donors (Lipinski definition) is 0. The van der Waals surface area contributed by atoms with Gasteiger partial charge in [-0.3, -0.25) is 9.69 Å².